The number of rotatable bonds is 7. The van der Waals surface area contributed by atoms with Crippen LogP contribution < -0.4 is 9.64 Å². The van der Waals surface area contributed by atoms with Gasteiger partial charge in [0.25, 0.3) is 0 Å². The first-order valence-corrected chi connectivity index (χ1v) is 14.2. The molecule has 0 amide bonds. The molecule has 6 aromatic carbocycles. The molecular formula is C39H27NO4. The normalized spacial score (nSPS) is 11.5. The predicted molar refractivity (Wildman–Crippen MR) is 174 cm³/mol. The Hall–Kier alpha value is -5.94. The highest BCUT2D eigenvalue weighted by atomic mass is 16.5. The number of nitrogens with zero attached hydrogens (tertiary/aromatic N) is 1. The van der Waals surface area contributed by atoms with Gasteiger partial charge in [0, 0.05) is 33.8 Å². The lowest BCUT2D eigenvalue weighted by atomic mass is 9.97. The first-order chi connectivity index (χ1) is 21.5. The molecule has 212 valence electrons. The van der Waals surface area contributed by atoms with Crippen molar-refractivity contribution in [3.63, 3.8) is 0 Å². The number of aromatic hydroxyl groups is 1. The Kier molecular flexibility index (Phi) is 6.76. The lowest BCUT2D eigenvalue weighted by Crippen LogP contribution is -2.09. The number of phenols is 1. The Bertz CT molecular complexity index is 2010. The largest absolute Gasteiger partial charge is 0.508 e. The fraction of sp³-hybridized carbons (Fsp3) is 0.0256. The topological polar surface area (TPSA) is 66.8 Å². The third-order valence-corrected chi connectivity index (χ3v) is 8.10. The molecule has 0 radical (unpaired) electrons. The van der Waals surface area contributed by atoms with E-state index in [2.05, 4.69) is 35.2 Å². The van der Waals surface area contributed by atoms with E-state index < -0.39 is 0 Å². The average Bonchev–Trinajstić information content (AvgIpc) is 3.36. The zero-order chi connectivity index (χ0) is 30.2. The fourth-order valence-corrected chi connectivity index (χ4v) is 5.78. The molecule has 0 bridgehead atoms. The molecular weight excluding hydrogens is 546 g/mol. The summed E-state index contributed by atoms with van der Waals surface area (Å²) in [6.45, 7) is 0. The van der Waals surface area contributed by atoms with Crippen LogP contribution in [0.4, 0.5) is 17.1 Å². The van der Waals surface area contributed by atoms with Crippen molar-refractivity contribution in [1.82, 2.24) is 0 Å². The van der Waals surface area contributed by atoms with Crippen molar-refractivity contribution in [3.8, 4) is 44.9 Å². The lowest BCUT2D eigenvalue weighted by Gasteiger charge is -2.26. The van der Waals surface area contributed by atoms with Gasteiger partial charge in [0.1, 0.15) is 17.8 Å². The monoisotopic (exact) mass is 573 g/mol. The van der Waals surface area contributed by atoms with Crippen molar-refractivity contribution >= 4 is 29.1 Å². The van der Waals surface area contributed by atoms with Crippen LogP contribution in [0.2, 0.25) is 0 Å². The fourth-order valence-electron chi connectivity index (χ4n) is 5.78. The summed E-state index contributed by atoms with van der Waals surface area (Å²) < 4.78 is 5.35. The second-order valence-electron chi connectivity index (χ2n) is 10.7. The quantitative estimate of drug-likeness (QED) is 0.193. The molecule has 44 heavy (non-hydrogen) atoms. The maximum absolute atomic E-state index is 13.6. The SMILES string of the molecule is COc1ccc(N(c2ccc(O)cc2)c2ccc(-c3ccc4c(c3)C(=O)c3cc(-c5ccc(C=O)cc5)ccc3-4)cc2)cc1. The molecule has 1 aliphatic carbocycles. The molecule has 0 atom stereocenters. The zero-order valence-electron chi connectivity index (χ0n) is 23.9. The molecule has 0 aliphatic heterocycles. The number of ketones is 1. The van der Waals surface area contributed by atoms with E-state index in [1.807, 2.05) is 78.9 Å². The molecule has 5 nitrogen and oxygen atoms in total. The minimum absolute atomic E-state index is 0.0119. The van der Waals surface area contributed by atoms with Gasteiger partial charge in [-0.05, 0) is 106 Å². The molecule has 0 heterocycles. The Balaban J connectivity index is 1.20. The second-order valence-corrected chi connectivity index (χ2v) is 10.7. The van der Waals surface area contributed by atoms with Gasteiger partial charge in [-0.1, -0.05) is 60.7 Å². The third kappa shape index (κ3) is 4.80. The molecule has 0 fully saturated rings. The van der Waals surface area contributed by atoms with E-state index >= 15 is 0 Å². The number of hydrogen-bond donors (Lipinski definition) is 1. The van der Waals surface area contributed by atoms with Crippen LogP contribution in [0.5, 0.6) is 11.5 Å². The molecule has 0 aromatic heterocycles. The van der Waals surface area contributed by atoms with Gasteiger partial charge in [-0.25, -0.2) is 0 Å². The number of benzene rings is 6. The van der Waals surface area contributed by atoms with Crippen molar-refractivity contribution < 1.29 is 19.4 Å². The van der Waals surface area contributed by atoms with Gasteiger partial charge < -0.3 is 14.7 Å². The highest BCUT2D eigenvalue weighted by Crippen LogP contribution is 2.41. The second kappa shape index (κ2) is 11.0. The number of phenolic OH excluding ortho intramolecular Hbond substituents is 1. The van der Waals surface area contributed by atoms with E-state index in [0.29, 0.717) is 16.7 Å². The standard InChI is InChI=1S/C39H27NO4/c1-44-34-18-14-32(15-19-34)40(31-12-16-33(42)17-13-31)30-10-6-27(7-11-30)29-9-21-36-35-20-8-28(22-37(35)39(43)38(36)23-29)26-4-2-25(24-41)3-5-26/h2-24,42H,1H3. The lowest BCUT2D eigenvalue weighted by molar-refractivity contribution is 0.104. The van der Waals surface area contributed by atoms with Crippen LogP contribution in [0.1, 0.15) is 26.3 Å². The number of methoxy groups -OCH3 is 1. The number of anilines is 3. The smallest absolute Gasteiger partial charge is 0.194 e. The third-order valence-electron chi connectivity index (χ3n) is 8.10. The number of hydrogen-bond acceptors (Lipinski definition) is 5. The summed E-state index contributed by atoms with van der Waals surface area (Å²) in [6, 6.07) is 42.6. The van der Waals surface area contributed by atoms with Crippen molar-refractivity contribution in [1.29, 1.82) is 0 Å². The minimum atomic E-state index is 0.0119. The molecule has 6 aromatic rings. The molecule has 0 saturated carbocycles. The first-order valence-electron chi connectivity index (χ1n) is 14.2. The molecule has 5 heteroatoms. The van der Waals surface area contributed by atoms with Gasteiger partial charge in [-0.2, -0.15) is 0 Å². The Morgan fingerprint density at radius 2 is 0.977 bits per heavy atom. The Morgan fingerprint density at radius 1 is 0.545 bits per heavy atom. The van der Waals surface area contributed by atoms with Crippen LogP contribution in [0.3, 0.4) is 0 Å². The van der Waals surface area contributed by atoms with E-state index in [9.17, 15) is 14.7 Å². The van der Waals surface area contributed by atoms with E-state index in [1.54, 1.807) is 31.4 Å². The van der Waals surface area contributed by atoms with E-state index in [4.69, 9.17) is 4.74 Å². The summed E-state index contributed by atoms with van der Waals surface area (Å²) in [7, 11) is 1.64. The molecule has 0 saturated heterocycles. The Labute approximate surface area is 255 Å². The number of fused-ring (bicyclic) bond motifs is 3. The summed E-state index contributed by atoms with van der Waals surface area (Å²) in [5, 5.41) is 9.87. The molecule has 1 aliphatic rings. The average molecular weight is 574 g/mol. The molecule has 7 rings (SSSR count). The first kappa shape index (κ1) is 26.9. The van der Waals surface area contributed by atoms with Crippen LogP contribution in [-0.4, -0.2) is 24.3 Å². The van der Waals surface area contributed by atoms with Crippen molar-refractivity contribution in [3.05, 3.63) is 150 Å². The van der Waals surface area contributed by atoms with Crippen LogP contribution in [0, 0.1) is 0 Å². The molecule has 0 spiro atoms. The minimum Gasteiger partial charge on any atom is -0.508 e. The van der Waals surface area contributed by atoms with Crippen molar-refractivity contribution in [2.24, 2.45) is 0 Å². The highest BCUT2D eigenvalue weighted by molar-refractivity contribution is 6.22. The predicted octanol–water partition coefficient (Wildman–Crippen LogP) is 9.23. The maximum atomic E-state index is 13.6. The Morgan fingerprint density at radius 3 is 1.45 bits per heavy atom. The number of carbonyl (C=O) groups excluding carboxylic acids is 2. The van der Waals surface area contributed by atoms with E-state index in [-0.39, 0.29) is 11.5 Å². The van der Waals surface area contributed by atoms with Gasteiger partial charge >= 0.3 is 0 Å². The van der Waals surface area contributed by atoms with Crippen LogP contribution >= 0.6 is 0 Å². The van der Waals surface area contributed by atoms with Crippen LogP contribution in [0.15, 0.2) is 133 Å². The van der Waals surface area contributed by atoms with Gasteiger partial charge in [0.15, 0.2) is 5.78 Å². The maximum Gasteiger partial charge on any atom is 0.194 e. The van der Waals surface area contributed by atoms with Crippen molar-refractivity contribution in [2.75, 3.05) is 12.0 Å². The molecule has 1 N–H and O–H groups in total. The number of carbonyl (C=O) groups is 2. The number of aldehydes is 1. The van der Waals surface area contributed by atoms with Gasteiger partial charge in [0.2, 0.25) is 0 Å². The zero-order valence-corrected chi connectivity index (χ0v) is 23.9. The van der Waals surface area contributed by atoms with Crippen molar-refractivity contribution in [2.45, 2.75) is 0 Å². The van der Waals surface area contributed by atoms with E-state index in [1.165, 1.54) is 0 Å². The van der Waals surface area contributed by atoms with E-state index in [0.717, 1.165) is 62.5 Å². The summed E-state index contributed by atoms with van der Waals surface area (Å²) >= 11 is 0. The van der Waals surface area contributed by atoms with Crippen LogP contribution in [0.25, 0.3) is 33.4 Å². The molecule has 0 unspecified atom stereocenters. The van der Waals surface area contributed by atoms with Gasteiger partial charge in [0.05, 0.1) is 7.11 Å². The summed E-state index contributed by atoms with van der Waals surface area (Å²) in [4.78, 5) is 26.8. The van der Waals surface area contributed by atoms with Crippen LogP contribution in [-0.2, 0) is 0 Å². The number of ether oxygens (including phenoxy) is 1. The van der Waals surface area contributed by atoms with Gasteiger partial charge in [-0.15, -0.1) is 0 Å². The highest BCUT2D eigenvalue weighted by Gasteiger charge is 2.27. The summed E-state index contributed by atoms with van der Waals surface area (Å²) in [5.74, 6) is 0.988. The summed E-state index contributed by atoms with van der Waals surface area (Å²) in [5.41, 5.74) is 10.5. The van der Waals surface area contributed by atoms with Gasteiger partial charge in [-0.3, -0.25) is 9.59 Å². The summed E-state index contributed by atoms with van der Waals surface area (Å²) in [6.07, 6.45) is 0.824.